The highest BCUT2D eigenvalue weighted by Gasteiger charge is 2.44. The standard InChI is InChI=1S/C46H70O4Si/c1-14-51(15-2,16-3)50-40-29-38(8)41(44(9,10)33-40)30-42(48)37(7)26-20-25-35(5)22-18-17-21-34(4)23-19-24-36(6)27-28-43-45(11,12)31-39(47)32-46(43,13)49/h17-27,39-40,47,49H,14-16,29-33H2,1-13H3/b18-17+,23-19+,25-20+,34-21+,35-22+,36-24+,37-26+/t28?,39-,40+,46+/m0/s1. The van der Waals surface area contributed by atoms with Crippen LogP contribution >= 0.6 is 0 Å². The fraction of sp³-hybridized carbons (Fsp3) is 0.565. The molecule has 0 bridgehead atoms. The minimum Gasteiger partial charge on any atom is -0.414 e. The lowest BCUT2D eigenvalue weighted by atomic mass is 9.65. The number of Topliss-reactive ketones (excluding diaryl/α,β-unsaturated/α-hetero) is 1. The van der Waals surface area contributed by atoms with Crippen molar-refractivity contribution in [2.75, 3.05) is 0 Å². The SMILES string of the molecule is CC[Si](CC)(CC)O[C@@H]1CC(C)=C(CC(=O)/C(C)=C/C=C/C(C)=C/C=C/C=C(C)/C=C/C=C(\C)C=C=C2C(C)(C)C[C@H](O)C[C@@]2(C)O)C(C)(C)C1. The number of aliphatic hydroxyl groups is 2. The lowest BCUT2D eigenvalue weighted by molar-refractivity contribution is -0.115. The summed E-state index contributed by atoms with van der Waals surface area (Å²) in [7, 11) is -1.67. The zero-order valence-corrected chi connectivity index (χ0v) is 35.4. The van der Waals surface area contributed by atoms with Crippen molar-refractivity contribution in [3.05, 3.63) is 112 Å². The predicted molar refractivity (Wildman–Crippen MR) is 221 cm³/mol. The molecule has 0 unspecified atom stereocenters. The normalized spacial score (nSPS) is 25.4. The molecule has 3 atom stereocenters. The predicted octanol–water partition coefficient (Wildman–Crippen LogP) is 11.9. The molecule has 1 fully saturated rings. The number of hydrogen-bond donors (Lipinski definition) is 2. The Hall–Kier alpha value is -2.79. The van der Waals surface area contributed by atoms with Crippen molar-refractivity contribution >= 4 is 14.1 Å². The van der Waals surface area contributed by atoms with E-state index >= 15 is 0 Å². The molecule has 5 heteroatoms. The highest BCUT2D eigenvalue weighted by atomic mass is 28.4. The number of ketones is 1. The first-order chi connectivity index (χ1) is 23.7. The molecule has 0 aliphatic heterocycles. The number of allylic oxidation sites excluding steroid dienone is 15. The maximum Gasteiger partial charge on any atom is 0.192 e. The third-order valence-electron chi connectivity index (χ3n) is 11.0. The molecule has 0 aromatic carbocycles. The van der Waals surface area contributed by atoms with Gasteiger partial charge in [-0.05, 0) is 107 Å². The summed E-state index contributed by atoms with van der Waals surface area (Å²) < 4.78 is 6.88. The zero-order valence-electron chi connectivity index (χ0n) is 34.4. The summed E-state index contributed by atoms with van der Waals surface area (Å²) >= 11 is 0. The van der Waals surface area contributed by atoms with E-state index in [0.29, 0.717) is 19.3 Å². The van der Waals surface area contributed by atoms with Crippen molar-refractivity contribution in [3.63, 3.8) is 0 Å². The van der Waals surface area contributed by atoms with Crippen molar-refractivity contribution in [1.29, 1.82) is 0 Å². The van der Waals surface area contributed by atoms with Crippen molar-refractivity contribution in [2.24, 2.45) is 10.8 Å². The Kier molecular flexibility index (Phi) is 16.8. The van der Waals surface area contributed by atoms with Crippen LogP contribution in [0.4, 0.5) is 0 Å². The first-order valence-electron chi connectivity index (χ1n) is 19.2. The van der Waals surface area contributed by atoms with Crippen LogP contribution in [0, 0.1) is 10.8 Å². The quantitative estimate of drug-likeness (QED) is 0.0583. The van der Waals surface area contributed by atoms with E-state index in [-0.39, 0.29) is 22.7 Å². The zero-order chi connectivity index (χ0) is 38.6. The van der Waals surface area contributed by atoms with Gasteiger partial charge in [0.1, 0.15) is 0 Å². The van der Waals surface area contributed by atoms with Crippen LogP contribution in [-0.4, -0.2) is 42.1 Å². The van der Waals surface area contributed by atoms with E-state index in [1.807, 2.05) is 62.5 Å². The molecule has 0 spiro atoms. The van der Waals surface area contributed by atoms with Crippen molar-refractivity contribution in [2.45, 2.75) is 158 Å². The number of hydrogen-bond acceptors (Lipinski definition) is 4. The summed E-state index contributed by atoms with van der Waals surface area (Å²) in [6.45, 7) is 27.6. The van der Waals surface area contributed by atoms with Crippen molar-refractivity contribution in [3.8, 4) is 0 Å². The van der Waals surface area contributed by atoms with Crippen LogP contribution in [0.25, 0.3) is 0 Å². The molecule has 51 heavy (non-hydrogen) atoms. The van der Waals surface area contributed by atoms with E-state index in [4.69, 9.17) is 4.43 Å². The van der Waals surface area contributed by atoms with Gasteiger partial charge in [-0.2, -0.15) is 0 Å². The average Bonchev–Trinajstić information content (AvgIpc) is 3.02. The van der Waals surface area contributed by atoms with Gasteiger partial charge >= 0.3 is 0 Å². The second-order valence-corrected chi connectivity index (χ2v) is 21.4. The van der Waals surface area contributed by atoms with Crippen LogP contribution < -0.4 is 0 Å². The van der Waals surface area contributed by atoms with E-state index < -0.39 is 20.0 Å². The molecule has 0 saturated heterocycles. The Morgan fingerprint density at radius 1 is 0.804 bits per heavy atom. The topological polar surface area (TPSA) is 66.8 Å². The molecular formula is C46H70O4Si. The Morgan fingerprint density at radius 2 is 1.33 bits per heavy atom. The molecule has 0 amide bonds. The van der Waals surface area contributed by atoms with E-state index in [0.717, 1.165) is 40.7 Å². The van der Waals surface area contributed by atoms with Gasteiger partial charge in [0.2, 0.25) is 0 Å². The molecule has 2 aliphatic carbocycles. The van der Waals surface area contributed by atoms with Crippen LogP contribution in [0.1, 0.15) is 122 Å². The average molecular weight is 715 g/mol. The molecule has 2 rings (SSSR count). The van der Waals surface area contributed by atoms with E-state index in [9.17, 15) is 15.0 Å². The molecule has 1 saturated carbocycles. The third-order valence-corrected chi connectivity index (χ3v) is 15.7. The number of carbonyl (C=O) groups is 1. The summed E-state index contributed by atoms with van der Waals surface area (Å²) in [5, 5.41) is 21.0. The molecule has 0 aromatic heterocycles. The largest absolute Gasteiger partial charge is 0.414 e. The van der Waals surface area contributed by atoms with Crippen molar-refractivity contribution in [1.82, 2.24) is 0 Å². The minimum absolute atomic E-state index is 0.0458. The minimum atomic E-state index is -1.67. The number of carbonyl (C=O) groups excluding carboxylic acids is 1. The monoisotopic (exact) mass is 715 g/mol. The first kappa shape index (κ1) is 44.4. The number of aliphatic hydroxyl groups excluding tert-OH is 1. The summed E-state index contributed by atoms with van der Waals surface area (Å²) in [5.41, 5.74) is 9.41. The number of rotatable bonds is 15. The molecule has 0 radical (unpaired) electrons. The van der Waals surface area contributed by atoms with Gasteiger partial charge in [-0.15, -0.1) is 5.73 Å². The maximum atomic E-state index is 13.3. The Morgan fingerprint density at radius 3 is 1.84 bits per heavy atom. The highest BCUT2D eigenvalue weighted by Crippen LogP contribution is 2.46. The van der Waals surface area contributed by atoms with Crippen LogP contribution in [0.15, 0.2) is 112 Å². The van der Waals surface area contributed by atoms with Gasteiger partial charge in [-0.3, -0.25) is 4.79 Å². The van der Waals surface area contributed by atoms with Gasteiger partial charge in [-0.25, -0.2) is 0 Å². The van der Waals surface area contributed by atoms with Gasteiger partial charge in [-0.1, -0.05) is 132 Å². The lowest BCUT2D eigenvalue weighted by Crippen LogP contribution is -2.45. The Labute approximate surface area is 313 Å². The van der Waals surface area contributed by atoms with Crippen LogP contribution in [0.5, 0.6) is 0 Å². The fourth-order valence-electron chi connectivity index (χ4n) is 7.89. The van der Waals surface area contributed by atoms with Gasteiger partial charge in [0.25, 0.3) is 0 Å². The summed E-state index contributed by atoms with van der Waals surface area (Å²) in [6.07, 6.45) is 25.2. The van der Waals surface area contributed by atoms with Crippen LogP contribution in [0.2, 0.25) is 18.1 Å². The maximum absolute atomic E-state index is 13.3. The second-order valence-electron chi connectivity index (χ2n) is 16.7. The van der Waals surface area contributed by atoms with E-state index in [2.05, 4.69) is 93.2 Å². The van der Waals surface area contributed by atoms with E-state index in [1.165, 1.54) is 29.3 Å². The fourth-order valence-corrected chi connectivity index (χ4v) is 10.8. The Bertz CT molecular complexity index is 1510. The van der Waals surface area contributed by atoms with Crippen LogP contribution in [0.3, 0.4) is 0 Å². The third kappa shape index (κ3) is 13.6. The van der Waals surface area contributed by atoms with E-state index in [1.54, 1.807) is 6.92 Å². The van der Waals surface area contributed by atoms with Crippen molar-refractivity contribution < 1.29 is 19.4 Å². The highest BCUT2D eigenvalue weighted by molar-refractivity contribution is 6.73. The van der Waals surface area contributed by atoms with Gasteiger partial charge in [0.15, 0.2) is 14.1 Å². The lowest BCUT2D eigenvalue weighted by Gasteiger charge is -2.43. The molecule has 0 heterocycles. The van der Waals surface area contributed by atoms with Crippen LogP contribution in [-0.2, 0) is 9.22 Å². The molecular weight excluding hydrogens is 645 g/mol. The smallest absolute Gasteiger partial charge is 0.192 e. The summed E-state index contributed by atoms with van der Waals surface area (Å²) in [4.78, 5) is 13.3. The van der Waals surface area contributed by atoms with Gasteiger partial charge in [0, 0.05) is 24.5 Å². The molecule has 2 N–H and O–H groups in total. The van der Waals surface area contributed by atoms with Gasteiger partial charge in [0.05, 0.1) is 11.7 Å². The molecule has 282 valence electrons. The molecule has 4 nitrogen and oxygen atoms in total. The molecule has 2 aliphatic rings. The molecule has 0 aromatic rings. The summed E-state index contributed by atoms with van der Waals surface area (Å²) in [6, 6.07) is 3.50. The Balaban J connectivity index is 1.98. The first-order valence-corrected chi connectivity index (χ1v) is 21.7. The van der Waals surface area contributed by atoms with Gasteiger partial charge < -0.3 is 14.6 Å². The summed E-state index contributed by atoms with van der Waals surface area (Å²) in [5.74, 6) is 0.191. The second kappa shape index (κ2) is 19.3.